The number of nitrogens with one attached hydrogen (secondary N) is 2. The Morgan fingerprint density at radius 2 is 1.95 bits per heavy atom. The Labute approximate surface area is 118 Å². The fourth-order valence-corrected chi connectivity index (χ4v) is 3.39. The molecular formula is C16H20N2S. The first kappa shape index (κ1) is 12.7. The highest BCUT2D eigenvalue weighted by molar-refractivity contribution is 7.13. The van der Waals surface area contributed by atoms with Crippen LogP contribution in [0, 0.1) is 5.92 Å². The van der Waals surface area contributed by atoms with E-state index < -0.39 is 0 Å². The van der Waals surface area contributed by atoms with Gasteiger partial charge in [-0.3, -0.25) is 0 Å². The zero-order valence-electron chi connectivity index (χ0n) is 11.1. The number of benzene rings is 1. The van der Waals surface area contributed by atoms with E-state index in [0.717, 1.165) is 12.5 Å². The standard InChI is InChI=1S/C16H20N2S/c1-2-5-15(14(4-1)16-6-3-11-19-16)18-12-13-7-9-17-10-8-13/h1-6,11,13,17-18H,7-10,12H2. The summed E-state index contributed by atoms with van der Waals surface area (Å²) in [5, 5.41) is 9.21. The van der Waals surface area contributed by atoms with Crippen LogP contribution in [-0.4, -0.2) is 19.6 Å². The van der Waals surface area contributed by atoms with Gasteiger partial charge in [0.05, 0.1) is 0 Å². The van der Waals surface area contributed by atoms with Gasteiger partial charge >= 0.3 is 0 Å². The van der Waals surface area contributed by atoms with Crippen molar-refractivity contribution < 1.29 is 0 Å². The highest BCUT2D eigenvalue weighted by atomic mass is 32.1. The van der Waals surface area contributed by atoms with Crippen molar-refractivity contribution in [1.29, 1.82) is 0 Å². The number of hydrogen-bond donors (Lipinski definition) is 2. The molecule has 1 aromatic heterocycles. The van der Waals surface area contributed by atoms with Crippen molar-refractivity contribution in [3.05, 3.63) is 41.8 Å². The maximum Gasteiger partial charge on any atom is 0.0428 e. The predicted molar refractivity (Wildman–Crippen MR) is 83.8 cm³/mol. The van der Waals surface area contributed by atoms with Gasteiger partial charge in [0.15, 0.2) is 0 Å². The molecule has 1 aliphatic heterocycles. The summed E-state index contributed by atoms with van der Waals surface area (Å²) in [5.74, 6) is 0.803. The SMILES string of the molecule is c1csc(-c2ccccc2NCC2CCNCC2)c1. The van der Waals surface area contributed by atoms with Crippen molar-refractivity contribution in [2.24, 2.45) is 5.92 Å². The molecule has 0 aliphatic carbocycles. The molecule has 0 spiro atoms. The first-order chi connectivity index (χ1) is 9.43. The van der Waals surface area contributed by atoms with Gasteiger partial charge in [-0.15, -0.1) is 11.3 Å². The largest absolute Gasteiger partial charge is 0.384 e. The van der Waals surface area contributed by atoms with E-state index in [0.29, 0.717) is 0 Å². The second-order valence-corrected chi connectivity index (χ2v) is 6.04. The zero-order chi connectivity index (χ0) is 12.9. The maximum absolute atomic E-state index is 3.65. The number of thiophene rings is 1. The Balaban J connectivity index is 1.70. The molecule has 1 fully saturated rings. The van der Waals surface area contributed by atoms with E-state index in [2.05, 4.69) is 52.4 Å². The zero-order valence-corrected chi connectivity index (χ0v) is 11.9. The summed E-state index contributed by atoms with van der Waals surface area (Å²) in [6.07, 6.45) is 2.57. The van der Waals surface area contributed by atoms with Gasteiger partial charge in [-0.1, -0.05) is 24.3 Å². The molecule has 1 saturated heterocycles. The van der Waals surface area contributed by atoms with Crippen LogP contribution in [0.15, 0.2) is 41.8 Å². The van der Waals surface area contributed by atoms with Crippen LogP contribution >= 0.6 is 11.3 Å². The summed E-state index contributed by atoms with van der Waals surface area (Å²) in [6, 6.07) is 12.9. The van der Waals surface area contributed by atoms with Crippen LogP contribution < -0.4 is 10.6 Å². The molecule has 0 unspecified atom stereocenters. The Bertz CT molecular complexity index is 501. The highest BCUT2D eigenvalue weighted by Gasteiger charge is 2.13. The third kappa shape index (κ3) is 3.17. The molecule has 2 aromatic rings. The van der Waals surface area contributed by atoms with Gasteiger partial charge in [0, 0.05) is 22.7 Å². The lowest BCUT2D eigenvalue weighted by Gasteiger charge is -2.23. The molecule has 19 heavy (non-hydrogen) atoms. The summed E-state index contributed by atoms with van der Waals surface area (Å²) < 4.78 is 0. The van der Waals surface area contributed by atoms with Crippen molar-refractivity contribution in [1.82, 2.24) is 5.32 Å². The third-order valence-electron chi connectivity index (χ3n) is 3.75. The Kier molecular flexibility index (Phi) is 4.16. The fraction of sp³-hybridized carbons (Fsp3) is 0.375. The van der Waals surface area contributed by atoms with Crippen LogP contribution in [0.5, 0.6) is 0 Å². The van der Waals surface area contributed by atoms with Crippen LogP contribution in [-0.2, 0) is 0 Å². The average Bonchev–Trinajstić information content (AvgIpc) is 3.01. The summed E-state index contributed by atoms with van der Waals surface area (Å²) in [4.78, 5) is 1.34. The van der Waals surface area contributed by atoms with Crippen LogP contribution in [0.25, 0.3) is 10.4 Å². The number of hydrogen-bond acceptors (Lipinski definition) is 3. The van der Waals surface area contributed by atoms with Crippen molar-refractivity contribution in [2.45, 2.75) is 12.8 Å². The molecule has 1 aliphatic rings. The molecule has 0 amide bonds. The molecular weight excluding hydrogens is 252 g/mol. The van der Waals surface area contributed by atoms with Crippen LogP contribution in [0.4, 0.5) is 5.69 Å². The molecule has 2 N–H and O–H groups in total. The number of para-hydroxylation sites is 1. The minimum absolute atomic E-state index is 0.803. The molecule has 2 nitrogen and oxygen atoms in total. The third-order valence-corrected chi connectivity index (χ3v) is 4.66. The van der Waals surface area contributed by atoms with E-state index in [-0.39, 0.29) is 0 Å². The van der Waals surface area contributed by atoms with Gasteiger partial charge in [-0.2, -0.15) is 0 Å². The molecule has 0 saturated carbocycles. The van der Waals surface area contributed by atoms with Crippen molar-refractivity contribution in [3.8, 4) is 10.4 Å². The molecule has 0 radical (unpaired) electrons. The lowest BCUT2D eigenvalue weighted by Crippen LogP contribution is -2.31. The van der Waals surface area contributed by atoms with Gasteiger partial charge in [-0.25, -0.2) is 0 Å². The first-order valence-electron chi connectivity index (χ1n) is 7.01. The lowest BCUT2D eigenvalue weighted by atomic mass is 9.98. The number of piperidine rings is 1. The van der Waals surface area contributed by atoms with E-state index in [1.165, 1.54) is 42.1 Å². The van der Waals surface area contributed by atoms with Gasteiger partial charge in [0.25, 0.3) is 0 Å². The molecule has 3 rings (SSSR count). The molecule has 2 heterocycles. The van der Waals surface area contributed by atoms with Crippen molar-refractivity contribution in [3.63, 3.8) is 0 Å². The quantitative estimate of drug-likeness (QED) is 0.884. The van der Waals surface area contributed by atoms with Gasteiger partial charge < -0.3 is 10.6 Å². The topological polar surface area (TPSA) is 24.1 Å². The van der Waals surface area contributed by atoms with E-state index >= 15 is 0 Å². The van der Waals surface area contributed by atoms with Gasteiger partial charge in [0.1, 0.15) is 0 Å². The summed E-state index contributed by atoms with van der Waals surface area (Å²) in [7, 11) is 0. The maximum atomic E-state index is 3.65. The van der Waals surface area contributed by atoms with Crippen molar-refractivity contribution >= 4 is 17.0 Å². The van der Waals surface area contributed by atoms with Gasteiger partial charge in [0.2, 0.25) is 0 Å². The minimum Gasteiger partial charge on any atom is -0.384 e. The van der Waals surface area contributed by atoms with Crippen molar-refractivity contribution in [2.75, 3.05) is 25.0 Å². The van der Waals surface area contributed by atoms with E-state index in [4.69, 9.17) is 0 Å². The van der Waals surface area contributed by atoms with E-state index in [9.17, 15) is 0 Å². The summed E-state index contributed by atoms with van der Waals surface area (Å²) in [6.45, 7) is 3.42. The van der Waals surface area contributed by atoms with Crippen LogP contribution in [0.3, 0.4) is 0 Å². The smallest absolute Gasteiger partial charge is 0.0428 e. The minimum atomic E-state index is 0.803. The lowest BCUT2D eigenvalue weighted by molar-refractivity contribution is 0.390. The van der Waals surface area contributed by atoms with E-state index in [1.807, 2.05) is 0 Å². The Morgan fingerprint density at radius 3 is 2.74 bits per heavy atom. The molecule has 0 bridgehead atoms. The van der Waals surface area contributed by atoms with E-state index in [1.54, 1.807) is 11.3 Å². The second kappa shape index (κ2) is 6.22. The normalized spacial score (nSPS) is 16.4. The van der Waals surface area contributed by atoms with Crippen LogP contribution in [0.2, 0.25) is 0 Å². The molecule has 0 atom stereocenters. The Morgan fingerprint density at radius 1 is 1.11 bits per heavy atom. The monoisotopic (exact) mass is 272 g/mol. The molecule has 100 valence electrons. The summed E-state index contributed by atoms with van der Waals surface area (Å²) >= 11 is 1.80. The number of anilines is 1. The summed E-state index contributed by atoms with van der Waals surface area (Å²) in [5.41, 5.74) is 2.59. The predicted octanol–water partition coefficient (Wildman–Crippen LogP) is 3.83. The number of rotatable bonds is 4. The molecule has 1 aromatic carbocycles. The van der Waals surface area contributed by atoms with Crippen LogP contribution in [0.1, 0.15) is 12.8 Å². The van der Waals surface area contributed by atoms with Gasteiger partial charge in [-0.05, 0) is 49.4 Å². The molecule has 3 heteroatoms. The average molecular weight is 272 g/mol. The highest BCUT2D eigenvalue weighted by Crippen LogP contribution is 2.31. The Hall–Kier alpha value is -1.32. The first-order valence-corrected chi connectivity index (χ1v) is 7.89. The second-order valence-electron chi connectivity index (χ2n) is 5.10. The fourth-order valence-electron chi connectivity index (χ4n) is 2.62.